The molecule has 4 rings (SSSR count). The van der Waals surface area contributed by atoms with E-state index in [0.29, 0.717) is 0 Å². The van der Waals surface area contributed by atoms with Gasteiger partial charge in [-0.05, 0) is 56.9 Å². The van der Waals surface area contributed by atoms with E-state index < -0.39 is 0 Å². The molecule has 0 aromatic heterocycles. The Hall–Kier alpha value is -2.34. The molecule has 0 heterocycles. The molecule has 0 radical (unpaired) electrons. The fourth-order valence-electron chi connectivity index (χ4n) is 6.44. The third kappa shape index (κ3) is 3.75. The van der Waals surface area contributed by atoms with Gasteiger partial charge in [0, 0.05) is 5.41 Å². The van der Waals surface area contributed by atoms with Crippen molar-refractivity contribution >= 4 is 0 Å². The highest BCUT2D eigenvalue weighted by molar-refractivity contribution is 5.55. The van der Waals surface area contributed by atoms with Gasteiger partial charge in [0.25, 0.3) is 0 Å². The highest BCUT2D eigenvalue weighted by Crippen LogP contribution is 2.57. The summed E-state index contributed by atoms with van der Waals surface area (Å²) in [5, 5.41) is 0. The molecule has 0 saturated carbocycles. The molecule has 1 aliphatic rings. The minimum absolute atomic E-state index is 0.0159. The van der Waals surface area contributed by atoms with Crippen molar-refractivity contribution in [2.24, 2.45) is 0 Å². The second-order valence-electron chi connectivity index (χ2n) is 11.8. The van der Waals surface area contributed by atoms with Crippen LogP contribution in [0.15, 0.2) is 78.9 Å². The molecular formula is C31H38. The lowest BCUT2D eigenvalue weighted by Gasteiger charge is -2.38. The lowest BCUT2D eigenvalue weighted by Crippen LogP contribution is -2.33. The van der Waals surface area contributed by atoms with Crippen molar-refractivity contribution in [3.05, 3.63) is 107 Å². The quantitative estimate of drug-likeness (QED) is 0.405. The molecule has 3 aromatic carbocycles. The Morgan fingerprint density at radius 2 is 1.16 bits per heavy atom. The maximum Gasteiger partial charge on any atom is 0.0189 e. The smallest absolute Gasteiger partial charge is 0.0189 e. The Bertz CT molecular complexity index is 1070. The van der Waals surface area contributed by atoms with Crippen molar-refractivity contribution in [3.63, 3.8) is 0 Å². The second kappa shape index (κ2) is 7.37. The summed E-state index contributed by atoms with van der Waals surface area (Å²) in [6.45, 7) is 16.8. The largest absolute Gasteiger partial charge is 0.0622 e. The fourth-order valence-corrected chi connectivity index (χ4v) is 6.44. The molecule has 0 nitrogen and oxygen atoms in total. The van der Waals surface area contributed by atoms with Crippen molar-refractivity contribution in [3.8, 4) is 0 Å². The van der Waals surface area contributed by atoms with Crippen LogP contribution in [0.3, 0.4) is 0 Å². The van der Waals surface area contributed by atoms with Crippen molar-refractivity contribution in [1.29, 1.82) is 0 Å². The molecule has 3 aromatic rings. The molecule has 0 bridgehead atoms. The first-order valence-electron chi connectivity index (χ1n) is 11.7. The molecular weight excluding hydrogens is 372 g/mol. The molecule has 0 spiro atoms. The minimum atomic E-state index is 0.0159. The van der Waals surface area contributed by atoms with Crippen molar-refractivity contribution in [2.75, 3.05) is 0 Å². The Labute approximate surface area is 189 Å². The van der Waals surface area contributed by atoms with E-state index >= 15 is 0 Å². The second-order valence-corrected chi connectivity index (χ2v) is 11.8. The number of benzene rings is 3. The van der Waals surface area contributed by atoms with Crippen LogP contribution < -0.4 is 0 Å². The Morgan fingerprint density at radius 1 is 0.645 bits per heavy atom. The van der Waals surface area contributed by atoms with Gasteiger partial charge in [0.15, 0.2) is 0 Å². The van der Waals surface area contributed by atoms with E-state index in [-0.39, 0.29) is 21.7 Å². The average Bonchev–Trinajstić information content (AvgIpc) is 2.95. The summed E-state index contributed by atoms with van der Waals surface area (Å²) in [6.07, 6.45) is 2.27. The first-order valence-corrected chi connectivity index (χ1v) is 11.7. The third-order valence-corrected chi connectivity index (χ3v) is 7.63. The summed E-state index contributed by atoms with van der Waals surface area (Å²) in [6, 6.07) is 29.4. The lowest BCUT2D eigenvalue weighted by molar-refractivity contribution is 0.295. The van der Waals surface area contributed by atoms with E-state index in [9.17, 15) is 0 Å². The fraction of sp³-hybridized carbons (Fsp3) is 0.419. The lowest BCUT2D eigenvalue weighted by atomic mass is 9.65. The monoisotopic (exact) mass is 410 g/mol. The van der Waals surface area contributed by atoms with E-state index in [1.54, 1.807) is 0 Å². The molecule has 0 saturated heterocycles. The number of fused-ring (bicyclic) bond motifs is 1. The van der Waals surface area contributed by atoms with Crippen LogP contribution in [0, 0.1) is 0 Å². The highest BCUT2D eigenvalue weighted by Gasteiger charge is 2.50. The predicted molar refractivity (Wildman–Crippen MR) is 134 cm³/mol. The Balaban J connectivity index is 1.84. The van der Waals surface area contributed by atoms with Crippen molar-refractivity contribution < 1.29 is 0 Å². The number of hydrogen-bond donors (Lipinski definition) is 0. The van der Waals surface area contributed by atoms with Gasteiger partial charge in [-0.2, -0.15) is 0 Å². The van der Waals surface area contributed by atoms with Crippen LogP contribution in [0.2, 0.25) is 0 Å². The summed E-state index contributed by atoms with van der Waals surface area (Å²) >= 11 is 0. The zero-order valence-corrected chi connectivity index (χ0v) is 20.4. The molecule has 0 heteroatoms. The summed E-state index contributed by atoms with van der Waals surface area (Å²) in [5.41, 5.74) is 7.81. The summed E-state index contributed by atoms with van der Waals surface area (Å²) in [7, 11) is 0. The molecule has 2 unspecified atom stereocenters. The van der Waals surface area contributed by atoms with Gasteiger partial charge >= 0.3 is 0 Å². The molecule has 0 N–H and O–H groups in total. The molecule has 0 fully saturated rings. The van der Waals surface area contributed by atoms with Crippen molar-refractivity contribution in [2.45, 2.75) is 83.0 Å². The number of hydrogen-bond acceptors (Lipinski definition) is 0. The molecule has 31 heavy (non-hydrogen) atoms. The van der Waals surface area contributed by atoms with Crippen LogP contribution in [0.1, 0.15) is 89.1 Å². The van der Waals surface area contributed by atoms with E-state index in [0.717, 1.165) is 12.8 Å². The predicted octanol–water partition coefficient (Wildman–Crippen LogP) is 8.32. The van der Waals surface area contributed by atoms with Gasteiger partial charge < -0.3 is 0 Å². The van der Waals surface area contributed by atoms with Gasteiger partial charge in [-0.3, -0.25) is 0 Å². The van der Waals surface area contributed by atoms with Gasteiger partial charge in [-0.25, -0.2) is 0 Å². The van der Waals surface area contributed by atoms with Crippen LogP contribution in [0.5, 0.6) is 0 Å². The van der Waals surface area contributed by atoms with E-state index in [4.69, 9.17) is 0 Å². The highest BCUT2D eigenvalue weighted by atomic mass is 14.5. The van der Waals surface area contributed by atoms with E-state index in [1.807, 2.05) is 0 Å². The number of rotatable bonds is 4. The van der Waals surface area contributed by atoms with Gasteiger partial charge in [-0.1, -0.05) is 127 Å². The van der Waals surface area contributed by atoms with Gasteiger partial charge in [0.1, 0.15) is 0 Å². The summed E-state index contributed by atoms with van der Waals surface area (Å²) in [4.78, 5) is 0. The topological polar surface area (TPSA) is 0 Å². The van der Waals surface area contributed by atoms with Gasteiger partial charge in [0.05, 0.1) is 0 Å². The van der Waals surface area contributed by atoms with Crippen LogP contribution >= 0.6 is 0 Å². The Kier molecular flexibility index (Phi) is 5.20. The standard InChI is InChI=1S/C31H38/c1-28(2,3)24-17-11-13-19-26(24)31(7)22-30(6,25-18-12-14-20-27(25)31)21-29(4,5)23-15-9-8-10-16-23/h8-20H,21-22H2,1-7H3. The normalized spacial score (nSPS) is 23.6. The zero-order chi connectivity index (χ0) is 22.5. The first kappa shape index (κ1) is 21.9. The minimum Gasteiger partial charge on any atom is -0.0622 e. The molecule has 0 amide bonds. The molecule has 0 aliphatic heterocycles. The maximum absolute atomic E-state index is 2.50. The summed E-state index contributed by atoms with van der Waals surface area (Å²) in [5.74, 6) is 0. The van der Waals surface area contributed by atoms with Crippen LogP contribution in [0.4, 0.5) is 0 Å². The van der Waals surface area contributed by atoms with Crippen molar-refractivity contribution in [1.82, 2.24) is 0 Å². The van der Waals surface area contributed by atoms with E-state index in [2.05, 4.69) is 127 Å². The first-order chi connectivity index (χ1) is 14.5. The molecule has 162 valence electrons. The molecule has 2 atom stereocenters. The van der Waals surface area contributed by atoms with E-state index in [1.165, 1.54) is 27.8 Å². The Morgan fingerprint density at radius 3 is 1.77 bits per heavy atom. The van der Waals surface area contributed by atoms with Crippen LogP contribution in [-0.2, 0) is 21.7 Å². The maximum atomic E-state index is 2.50. The third-order valence-electron chi connectivity index (χ3n) is 7.63. The van der Waals surface area contributed by atoms with Gasteiger partial charge in [0.2, 0.25) is 0 Å². The SMILES string of the molecule is CC(C)(C)c1ccccc1C1(C)CC(C)(CC(C)(C)c2ccccc2)c2ccccc21. The zero-order valence-electron chi connectivity index (χ0n) is 20.4. The van der Waals surface area contributed by atoms with Gasteiger partial charge in [-0.15, -0.1) is 0 Å². The van der Waals surface area contributed by atoms with Crippen LogP contribution in [0.25, 0.3) is 0 Å². The average molecular weight is 411 g/mol. The summed E-state index contributed by atoms with van der Waals surface area (Å²) < 4.78 is 0. The molecule has 1 aliphatic carbocycles. The van der Waals surface area contributed by atoms with Crippen LogP contribution in [-0.4, -0.2) is 0 Å².